The predicted molar refractivity (Wildman–Crippen MR) is 131 cm³/mol. The monoisotopic (exact) mass is 448 g/mol. The summed E-state index contributed by atoms with van der Waals surface area (Å²) >= 11 is 0. The van der Waals surface area contributed by atoms with Crippen LogP contribution >= 0.6 is 0 Å². The minimum atomic E-state index is -0.710. The molecule has 174 valence electrons. The summed E-state index contributed by atoms with van der Waals surface area (Å²) in [6.07, 6.45) is 6.42. The fraction of sp³-hybridized carbons (Fsp3) is 0.708. The van der Waals surface area contributed by atoms with E-state index in [9.17, 15) is 9.32 Å². The summed E-state index contributed by atoms with van der Waals surface area (Å²) in [5, 5.41) is 16.6. The fourth-order valence-corrected chi connectivity index (χ4v) is 5.97. The van der Waals surface area contributed by atoms with Gasteiger partial charge in [0.05, 0.1) is 6.54 Å². The first-order valence-corrected chi connectivity index (χ1v) is 13.4. The maximum absolute atomic E-state index is 12.2. The van der Waals surface area contributed by atoms with Crippen LogP contribution in [0, 0.1) is 5.92 Å². The van der Waals surface area contributed by atoms with E-state index in [0.717, 1.165) is 69.9 Å². The van der Waals surface area contributed by atoms with Gasteiger partial charge in [-0.1, -0.05) is 25.5 Å². The summed E-state index contributed by atoms with van der Waals surface area (Å²) in [7, 11) is -0.710. The molecule has 6 nitrogen and oxygen atoms in total. The molecule has 3 unspecified atom stereocenters. The van der Waals surface area contributed by atoms with Crippen LogP contribution in [0.2, 0.25) is 0 Å². The molecule has 3 N–H and O–H groups in total. The maximum Gasteiger partial charge on any atom is 0.191 e. The number of nitrogens with zero attached hydrogens (tertiary/aromatic N) is 2. The van der Waals surface area contributed by atoms with Crippen molar-refractivity contribution in [2.45, 2.75) is 70.2 Å². The molecule has 3 atom stereocenters. The average molecular weight is 449 g/mol. The highest BCUT2D eigenvalue weighted by molar-refractivity contribution is 7.85. The van der Waals surface area contributed by atoms with Gasteiger partial charge in [-0.2, -0.15) is 0 Å². The van der Waals surface area contributed by atoms with E-state index < -0.39 is 10.8 Å². The molecule has 1 aromatic carbocycles. The quantitative estimate of drug-likeness (QED) is 0.421. The van der Waals surface area contributed by atoms with Crippen LogP contribution in [0.5, 0.6) is 0 Å². The van der Waals surface area contributed by atoms with Crippen molar-refractivity contribution >= 4 is 22.4 Å². The van der Waals surface area contributed by atoms with E-state index >= 15 is 0 Å². The SMILES string of the molecule is CCNC(=NCc1ccc(N2CCC(CO)CC2)cc1)NC1CCCC(S(=O)CC)C1. The van der Waals surface area contributed by atoms with Crippen LogP contribution in [-0.4, -0.2) is 58.6 Å². The number of aliphatic hydroxyl groups excluding tert-OH is 1. The molecular weight excluding hydrogens is 408 g/mol. The number of aliphatic hydroxyl groups is 1. The van der Waals surface area contributed by atoms with Gasteiger partial charge in [-0.3, -0.25) is 4.21 Å². The largest absolute Gasteiger partial charge is 0.396 e. The van der Waals surface area contributed by atoms with Gasteiger partial charge in [-0.05, 0) is 62.6 Å². The molecule has 0 radical (unpaired) electrons. The molecular formula is C24H40N4O2S. The number of piperidine rings is 1. The topological polar surface area (TPSA) is 77.0 Å². The molecule has 2 fully saturated rings. The second-order valence-electron chi connectivity index (χ2n) is 8.77. The smallest absolute Gasteiger partial charge is 0.191 e. The first-order chi connectivity index (χ1) is 15.1. The average Bonchev–Trinajstić information content (AvgIpc) is 2.83. The van der Waals surface area contributed by atoms with Gasteiger partial charge in [-0.15, -0.1) is 0 Å². The van der Waals surface area contributed by atoms with E-state index in [1.54, 1.807) is 0 Å². The van der Waals surface area contributed by atoms with E-state index in [1.807, 2.05) is 6.92 Å². The number of nitrogens with one attached hydrogen (secondary N) is 2. The highest BCUT2D eigenvalue weighted by atomic mass is 32.2. The maximum atomic E-state index is 12.2. The number of hydrogen-bond acceptors (Lipinski definition) is 4. The summed E-state index contributed by atoms with van der Waals surface area (Å²) in [6.45, 7) is 7.91. The van der Waals surface area contributed by atoms with Crippen LogP contribution in [0.15, 0.2) is 29.3 Å². The lowest BCUT2D eigenvalue weighted by Crippen LogP contribution is -2.46. The van der Waals surface area contributed by atoms with Crippen LogP contribution in [0.25, 0.3) is 0 Å². The van der Waals surface area contributed by atoms with Crippen molar-refractivity contribution in [3.05, 3.63) is 29.8 Å². The Morgan fingerprint density at radius 1 is 1.16 bits per heavy atom. The second kappa shape index (κ2) is 12.4. The summed E-state index contributed by atoms with van der Waals surface area (Å²) < 4.78 is 12.2. The molecule has 1 aliphatic carbocycles. The molecule has 3 rings (SSSR count). The lowest BCUT2D eigenvalue weighted by atomic mass is 9.95. The number of benzene rings is 1. The van der Waals surface area contributed by atoms with Crippen molar-refractivity contribution in [3.63, 3.8) is 0 Å². The second-order valence-corrected chi connectivity index (χ2v) is 10.8. The lowest BCUT2D eigenvalue weighted by molar-refractivity contribution is 0.203. The van der Waals surface area contributed by atoms with E-state index in [1.165, 1.54) is 11.3 Å². The van der Waals surface area contributed by atoms with Crippen LogP contribution in [0.3, 0.4) is 0 Å². The molecule has 0 amide bonds. The molecule has 1 saturated carbocycles. The van der Waals surface area contributed by atoms with E-state index in [0.29, 0.717) is 30.4 Å². The molecule has 7 heteroatoms. The van der Waals surface area contributed by atoms with E-state index in [2.05, 4.69) is 46.7 Å². The molecule has 0 bridgehead atoms. The van der Waals surface area contributed by atoms with Gasteiger partial charge < -0.3 is 20.6 Å². The van der Waals surface area contributed by atoms with Gasteiger partial charge in [-0.25, -0.2) is 4.99 Å². The molecule has 1 saturated heterocycles. The first-order valence-electron chi connectivity index (χ1n) is 12.0. The Hall–Kier alpha value is -1.60. The number of aliphatic imine (C=N–C) groups is 1. The van der Waals surface area contributed by atoms with Crippen molar-refractivity contribution < 1.29 is 9.32 Å². The van der Waals surface area contributed by atoms with E-state index in [4.69, 9.17) is 4.99 Å². The summed E-state index contributed by atoms with van der Waals surface area (Å²) in [6, 6.07) is 9.06. The molecule has 1 heterocycles. The summed E-state index contributed by atoms with van der Waals surface area (Å²) in [4.78, 5) is 7.22. The molecule has 2 aliphatic rings. The van der Waals surface area contributed by atoms with Gasteiger partial charge in [0.15, 0.2) is 5.96 Å². The number of hydrogen-bond donors (Lipinski definition) is 3. The summed E-state index contributed by atoms with van der Waals surface area (Å²) in [5.74, 6) is 2.06. The Bertz CT molecular complexity index is 717. The van der Waals surface area contributed by atoms with Crippen LogP contribution < -0.4 is 15.5 Å². The predicted octanol–water partition coefficient (Wildman–Crippen LogP) is 3.03. The van der Waals surface area contributed by atoms with Gasteiger partial charge in [0.2, 0.25) is 0 Å². The van der Waals surface area contributed by atoms with Gasteiger partial charge >= 0.3 is 0 Å². The third kappa shape index (κ3) is 7.21. The molecule has 31 heavy (non-hydrogen) atoms. The normalized spacial score (nSPS) is 24.1. The summed E-state index contributed by atoms with van der Waals surface area (Å²) in [5.41, 5.74) is 2.45. The van der Waals surface area contributed by atoms with Crippen molar-refractivity contribution in [2.24, 2.45) is 10.9 Å². The van der Waals surface area contributed by atoms with Crippen molar-refractivity contribution in [2.75, 3.05) is 36.9 Å². The lowest BCUT2D eigenvalue weighted by Gasteiger charge is -2.33. The Morgan fingerprint density at radius 2 is 1.90 bits per heavy atom. The van der Waals surface area contributed by atoms with Crippen LogP contribution in [0.4, 0.5) is 5.69 Å². The van der Waals surface area contributed by atoms with Crippen molar-refractivity contribution in [1.29, 1.82) is 0 Å². The minimum Gasteiger partial charge on any atom is -0.396 e. The van der Waals surface area contributed by atoms with Crippen LogP contribution in [0.1, 0.15) is 57.9 Å². The third-order valence-electron chi connectivity index (χ3n) is 6.56. The zero-order valence-corrected chi connectivity index (χ0v) is 20.0. The van der Waals surface area contributed by atoms with Gasteiger partial charge in [0.25, 0.3) is 0 Å². The Labute approximate surface area is 190 Å². The highest BCUT2D eigenvalue weighted by Crippen LogP contribution is 2.24. The minimum absolute atomic E-state index is 0.310. The standard InChI is InChI=1S/C24H40N4O2S/c1-3-25-24(27-21-6-5-7-23(16-21)31(30)4-2)26-17-19-8-10-22(11-9-19)28-14-12-20(18-29)13-15-28/h8-11,20-21,23,29H,3-7,12-18H2,1-2H3,(H2,25,26,27). The number of anilines is 1. The first kappa shape index (κ1) is 24.1. The van der Waals surface area contributed by atoms with Crippen molar-refractivity contribution in [1.82, 2.24) is 10.6 Å². The Balaban J connectivity index is 1.54. The van der Waals surface area contributed by atoms with E-state index in [-0.39, 0.29) is 0 Å². The van der Waals surface area contributed by atoms with Crippen molar-refractivity contribution in [3.8, 4) is 0 Å². The zero-order valence-electron chi connectivity index (χ0n) is 19.2. The number of guanidine groups is 1. The zero-order chi connectivity index (χ0) is 22.1. The Kier molecular flexibility index (Phi) is 9.65. The molecule has 0 spiro atoms. The number of rotatable bonds is 8. The molecule has 0 aromatic heterocycles. The van der Waals surface area contributed by atoms with Gasteiger partial charge in [0, 0.05) is 59.8 Å². The highest BCUT2D eigenvalue weighted by Gasteiger charge is 2.26. The van der Waals surface area contributed by atoms with Gasteiger partial charge in [0.1, 0.15) is 0 Å². The Morgan fingerprint density at radius 3 is 2.55 bits per heavy atom. The molecule has 1 aliphatic heterocycles. The fourth-order valence-electron chi connectivity index (χ4n) is 4.62. The third-order valence-corrected chi connectivity index (χ3v) is 8.30. The van der Waals surface area contributed by atoms with Crippen LogP contribution in [-0.2, 0) is 17.3 Å². The molecule has 1 aromatic rings.